The first-order chi connectivity index (χ1) is 67.6. The molecule has 0 atom stereocenters. The number of rotatable bonds is 16. The zero-order valence-electron chi connectivity index (χ0n) is 99.4. The van der Waals surface area contributed by atoms with Crippen molar-refractivity contribution in [2.75, 3.05) is 288 Å². The summed E-state index contributed by atoms with van der Waals surface area (Å²) in [5.74, 6) is 0. The highest BCUT2D eigenvalue weighted by atomic mass is 15.1. The van der Waals surface area contributed by atoms with Gasteiger partial charge in [0.25, 0.3) is 0 Å². The van der Waals surface area contributed by atoms with Gasteiger partial charge in [0.15, 0.2) is 0 Å². The van der Waals surface area contributed by atoms with Gasteiger partial charge in [-0.05, 0) is 234 Å². The molecule has 0 unspecified atom stereocenters. The molecule has 0 aromatic heterocycles. The van der Waals surface area contributed by atoms with Gasteiger partial charge in [-0.1, -0.05) is 374 Å². The van der Waals surface area contributed by atoms with Crippen LogP contribution >= 0.6 is 0 Å². The summed E-state index contributed by atoms with van der Waals surface area (Å²) < 4.78 is 0. The van der Waals surface area contributed by atoms with E-state index in [-0.39, 0.29) is 0 Å². The topological polar surface area (TPSA) is 57.4 Å². The van der Waals surface area contributed by atoms with Crippen molar-refractivity contribution in [3.05, 3.63) is 340 Å². The monoisotopic (exact) mass is 1960 g/mol. The van der Waals surface area contributed by atoms with Crippen LogP contribution in [0.25, 0.3) is 75.4 Å². The van der Waals surface area contributed by atoms with E-state index in [2.05, 4.69) is 653 Å². The minimum atomic E-state index is 1.14. The van der Waals surface area contributed by atoms with Gasteiger partial charge >= 0.3 is 0 Å². The Morgan fingerprint density at radius 3 is 0.211 bits per heavy atom. The average molecular weight is 1960 g/mol. The maximum absolute atomic E-state index is 2.25. The van der Waals surface area contributed by atoms with E-state index in [4.69, 9.17) is 0 Å². The summed E-state index contributed by atoms with van der Waals surface area (Å²) in [5, 5.41) is 18.3. The van der Waals surface area contributed by atoms with Gasteiger partial charge in [0.1, 0.15) is 0 Å². The molecule has 142 heavy (non-hydrogen) atoms. The molecule has 14 aromatic rings. The third kappa shape index (κ3) is 99.1. The minimum Gasteiger partial charge on any atom is -0.340 e. The van der Waals surface area contributed by atoms with Gasteiger partial charge in [0, 0.05) is 0 Å². The molecule has 0 amide bonds. The lowest BCUT2D eigenvalue weighted by Crippen LogP contribution is -3.08. The lowest BCUT2D eigenvalue weighted by molar-refractivity contribution is -0.875. The maximum atomic E-state index is 2.25. The number of fused-ring (bicyclic) bond motifs is 7. The van der Waals surface area contributed by atoms with Gasteiger partial charge in [-0.15, -0.1) is 0 Å². The molecular weight excluding hydrogens is 1730 g/mol. The highest BCUT2D eigenvalue weighted by Gasteiger charge is 1.94. The first kappa shape index (κ1) is 145. The first-order valence-corrected chi connectivity index (χ1v) is 53.2. The lowest BCUT2D eigenvalue weighted by atomic mass is 10.1. The summed E-state index contributed by atoms with van der Waals surface area (Å²) in [6.07, 6.45) is 0. The van der Waals surface area contributed by atoms with E-state index in [9.17, 15) is 0 Å². The molecule has 14 aromatic carbocycles. The van der Waals surface area contributed by atoms with Gasteiger partial charge in [0.05, 0.1) is 206 Å². The van der Waals surface area contributed by atoms with Crippen LogP contribution in [0.3, 0.4) is 0 Å². The van der Waals surface area contributed by atoms with E-state index >= 15 is 0 Å². The van der Waals surface area contributed by atoms with Gasteiger partial charge in [-0.25, -0.2) is 0 Å². The fourth-order valence-corrected chi connectivity index (χ4v) is 8.40. The van der Waals surface area contributed by atoms with Crippen LogP contribution in [0.2, 0.25) is 0 Å². The Morgan fingerprint density at radius 2 is 0.190 bits per heavy atom. The molecule has 10 N–H and O–H groups in total. The number of hydrogen-bond acceptors (Lipinski definition) is 4. The predicted molar refractivity (Wildman–Crippen MR) is 647 cm³/mol. The van der Waals surface area contributed by atoms with E-state index in [0.717, 1.165) is 32.7 Å². The standard InChI is InChI=1S/7C10H8.2C5H13N.12C4H11N/c7*1-2-6-10-8-4-3-7-9(10)5-1;2*1-4-6(3)5-2;12*1-4-5(2)3/h7*1-8H;2*4-5H2,1-3H3;12*4H2,1-3H3/p+10. The molecule has 0 aliphatic heterocycles. The largest absolute Gasteiger partial charge is 0.340 e. The number of nitrogens with zero attached hydrogens (tertiary/aromatic N) is 4. The molecule has 0 spiro atoms. The van der Waals surface area contributed by atoms with Crippen LogP contribution < -0.4 is 49.0 Å². The molecule has 0 saturated heterocycles. The van der Waals surface area contributed by atoms with Crippen molar-refractivity contribution in [2.45, 2.75) is 111 Å². The molecule has 14 heteroatoms. The normalized spacial score (nSPS) is 9.83. The molecule has 0 aliphatic rings. The van der Waals surface area contributed by atoms with Crippen LogP contribution in [0.1, 0.15) is 111 Å². The Balaban J connectivity index is -0.000000272. The fraction of sp³-hybridized carbons (Fsp3) is 0.453. The molecule has 0 saturated carbocycles. The van der Waals surface area contributed by atoms with Crippen LogP contribution in [0.4, 0.5) is 0 Å². The van der Waals surface area contributed by atoms with Crippen molar-refractivity contribution in [3.8, 4) is 0 Å². The third-order valence-corrected chi connectivity index (χ3v) is 22.2. The molecule has 796 valence electrons. The van der Waals surface area contributed by atoms with Crippen LogP contribution in [0.5, 0.6) is 0 Å². The molecular formula is C128H224N14+10. The third-order valence-electron chi connectivity index (χ3n) is 22.2. The van der Waals surface area contributed by atoms with E-state index < -0.39 is 0 Å². The van der Waals surface area contributed by atoms with Crippen molar-refractivity contribution in [2.24, 2.45) is 0 Å². The second kappa shape index (κ2) is 104. The Bertz CT molecular complexity index is 3560. The van der Waals surface area contributed by atoms with Crippen molar-refractivity contribution in [1.29, 1.82) is 0 Å². The second-order valence-electron chi connectivity index (χ2n) is 37.8. The van der Waals surface area contributed by atoms with Gasteiger partial charge in [0.2, 0.25) is 0 Å². The molecule has 0 radical (unpaired) electrons. The van der Waals surface area contributed by atoms with E-state index in [0.29, 0.717) is 0 Å². The minimum absolute atomic E-state index is 1.14. The number of nitrogens with one attached hydrogen (secondary N) is 10. The quantitative estimate of drug-likeness (QED) is 0.0479. The van der Waals surface area contributed by atoms with Crippen molar-refractivity contribution >= 4 is 75.4 Å². The summed E-state index contributed by atoms with van der Waals surface area (Å²) in [7, 11) is 55.1. The van der Waals surface area contributed by atoms with Crippen molar-refractivity contribution < 1.29 is 49.0 Å². The second-order valence-corrected chi connectivity index (χ2v) is 37.8. The van der Waals surface area contributed by atoms with Crippen LogP contribution in [0.15, 0.2) is 340 Å². The lowest BCUT2D eigenvalue weighted by Gasteiger charge is -2.07. The number of quaternary nitrogens is 10. The maximum Gasteiger partial charge on any atom is 0.0740 e. The van der Waals surface area contributed by atoms with E-state index in [1.54, 1.807) is 4.90 Å². The summed E-state index contributed by atoms with van der Waals surface area (Å²) in [6.45, 7) is 53.8. The average Bonchev–Trinajstić information content (AvgIpc) is 0.910. The van der Waals surface area contributed by atoms with Gasteiger partial charge in [-0.3, -0.25) is 0 Å². The molecule has 14 nitrogen and oxygen atoms in total. The Kier molecular flexibility index (Phi) is 107. The van der Waals surface area contributed by atoms with E-state index in [1.807, 2.05) is 0 Å². The van der Waals surface area contributed by atoms with Crippen LogP contribution in [-0.4, -0.2) is 308 Å². The summed E-state index contributed by atoms with van der Waals surface area (Å²) in [4.78, 5) is 23.8. The first-order valence-electron chi connectivity index (χ1n) is 53.2. The molecule has 0 heterocycles. The zero-order chi connectivity index (χ0) is 109. The van der Waals surface area contributed by atoms with Gasteiger partial charge in [-0.2, -0.15) is 0 Å². The summed E-state index contributed by atoms with van der Waals surface area (Å²) in [6, 6.07) is 117. The predicted octanol–water partition coefficient (Wildman–Crippen LogP) is 14.4. The van der Waals surface area contributed by atoms with Crippen LogP contribution in [0, 0.1) is 0 Å². The van der Waals surface area contributed by atoms with Crippen molar-refractivity contribution in [3.63, 3.8) is 0 Å². The number of benzene rings is 14. The highest BCUT2D eigenvalue weighted by molar-refractivity contribution is 5.86. The molecule has 0 aliphatic carbocycles. The summed E-state index contributed by atoms with van der Waals surface area (Å²) in [5.41, 5.74) is 0. The molecule has 0 fully saturated rings. The highest BCUT2D eigenvalue weighted by Crippen LogP contribution is 2.17. The summed E-state index contributed by atoms with van der Waals surface area (Å²) >= 11 is 0. The molecule has 14 rings (SSSR count). The number of hydrogen-bond donors (Lipinski definition) is 10. The SMILES string of the molecule is CCN(C)C.CCN(C)C.CCN(C)C.CCN(C)CC.CC[NH+](C)C.CC[NH+](C)C.CC[NH+](C)C.CC[NH+](C)C.CC[NH+](C)C.CC[NH+](C)C.CC[NH+](C)C.CC[NH+](C)C.CC[NH+](C)C.CC[NH+](C)CC.c1ccc2ccccc2c1.c1ccc2ccccc2c1.c1ccc2ccccc2c1.c1ccc2ccccc2c1.c1ccc2ccccc2c1.c1ccc2ccccc2c1.c1ccc2ccccc2c1. The fourth-order valence-electron chi connectivity index (χ4n) is 8.40. The van der Waals surface area contributed by atoms with Crippen molar-refractivity contribution in [1.82, 2.24) is 19.6 Å². The smallest absolute Gasteiger partial charge is 0.0740 e. The Morgan fingerprint density at radius 1 is 0.127 bits per heavy atom. The van der Waals surface area contributed by atoms with Gasteiger partial charge < -0.3 is 68.6 Å². The molecule has 0 bridgehead atoms. The van der Waals surface area contributed by atoms with E-state index in [1.165, 1.54) is 191 Å². The Hall–Kier alpha value is -9.66. The van der Waals surface area contributed by atoms with Crippen LogP contribution in [-0.2, 0) is 0 Å². The zero-order valence-corrected chi connectivity index (χ0v) is 99.4. The Labute approximate surface area is 876 Å².